The molecule has 0 saturated heterocycles. The van der Waals surface area contributed by atoms with E-state index in [1.165, 1.54) is 0 Å². The highest BCUT2D eigenvalue weighted by Crippen LogP contribution is 2.20. The first kappa shape index (κ1) is 19.2. The predicted molar refractivity (Wildman–Crippen MR) is 93.9 cm³/mol. The number of nitrogen functional groups attached to an aromatic ring is 1. The van der Waals surface area contributed by atoms with Crippen molar-refractivity contribution in [3.05, 3.63) is 28.3 Å². The van der Waals surface area contributed by atoms with Gasteiger partial charge in [0.2, 0.25) is 11.9 Å². The van der Waals surface area contributed by atoms with E-state index in [9.17, 15) is 9.59 Å². The number of esters is 2. The third-order valence-electron chi connectivity index (χ3n) is 3.54. The Morgan fingerprint density at radius 3 is 2.42 bits per heavy atom. The quantitative estimate of drug-likeness (QED) is 0.721. The lowest BCUT2D eigenvalue weighted by atomic mass is 10.1. The van der Waals surface area contributed by atoms with E-state index in [1.54, 1.807) is 39.8 Å². The van der Waals surface area contributed by atoms with Crippen molar-refractivity contribution in [2.45, 2.75) is 27.4 Å². The zero-order valence-electron chi connectivity index (χ0n) is 15.4. The number of hydrogen-bond donors (Lipinski definition) is 2. The molecule has 0 atom stereocenters. The minimum Gasteiger partial charge on any atom is -0.462 e. The highest BCUT2D eigenvalue weighted by molar-refractivity contribution is 5.98. The molecule has 0 saturated carbocycles. The highest BCUT2D eigenvalue weighted by Gasteiger charge is 2.24. The number of anilines is 2. The van der Waals surface area contributed by atoms with Crippen LogP contribution in [0, 0.1) is 13.8 Å². The second-order valence-corrected chi connectivity index (χ2v) is 5.73. The van der Waals surface area contributed by atoms with Gasteiger partial charge in [0.05, 0.1) is 12.2 Å². The molecule has 0 unspecified atom stereocenters. The van der Waals surface area contributed by atoms with E-state index in [-0.39, 0.29) is 30.7 Å². The molecule has 2 aromatic heterocycles. The monoisotopic (exact) mass is 362 g/mol. The Hall–Kier alpha value is -3.17. The number of aromatic nitrogens is 4. The molecule has 0 aromatic carbocycles. The van der Waals surface area contributed by atoms with Crippen LogP contribution in [0.3, 0.4) is 0 Å². The van der Waals surface area contributed by atoms with E-state index in [1.807, 2.05) is 0 Å². The van der Waals surface area contributed by atoms with E-state index in [4.69, 9.17) is 15.2 Å². The first-order valence-electron chi connectivity index (χ1n) is 7.95. The number of ether oxygens (including phenoxy) is 2. The second-order valence-electron chi connectivity index (χ2n) is 5.73. The van der Waals surface area contributed by atoms with Crippen molar-refractivity contribution in [3.63, 3.8) is 0 Å². The van der Waals surface area contributed by atoms with Gasteiger partial charge >= 0.3 is 11.9 Å². The maximum atomic E-state index is 12.4. The standard InChI is InChI=1S/C16H22N6O4/c1-6-25-13(23)11-8(2)12(18-9(11)3)14(24)26-7-10-19-15(17)21-16(20-10)22(4)5/h18H,6-7H2,1-5H3,(H2,17,19,20,21). The summed E-state index contributed by atoms with van der Waals surface area (Å²) in [6.45, 7) is 5.12. The van der Waals surface area contributed by atoms with Crippen molar-refractivity contribution in [1.82, 2.24) is 19.9 Å². The lowest BCUT2D eigenvalue weighted by molar-refractivity contribution is 0.0455. The summed E-state index contributed by atoms with van der Waals surface area (Å²) in [4.78, 5) is 41.0. The average Bonchev–Trinajstić information content (AvgIpc) is 2.87. The summed E-state index contributed by atoms with van der Waals surface area (Å²) in [6.07, 6.45) is 0. The van der Waals surface area contributed by atoms with Crippen LogP contribution in [0.15, 0.2) is 0 Å². The van der Waals surface area contributed by atoms with Crippen LogP contribution in [0.5, 0.6) is 0 Å². The van der Waals surface area contributed by atoms with Crippen molar-refractivity contribution in [1.29, 1.82) is 0 Å². The Morgan fingerprint density at radius 2 is 1.81 bits per heavy atom. The molecular formula is C16H22N6O4. The van der Waals surface area contributed by atoms with Gasteiger partial charge in [-0.3, -0.25) is 0 Å². The van der Waals surface area contributed by atoms with Gasteiger partial charge in [-0.25, -0.2) is 9.59 Å². The van der Waals surface area contributed by atoms with Crippen molar-refractivity contribution < 1.29 is 19.1 Å². The fourth-order valence-corrected chi connectivity index (χ4v) is 2.36. The third kappa shape index (κ3) is 4.08. The number of rotatable bonds is 6. The van der Waals surface area contributed by atoms with Crippen LogP contribution in [-0.2, 0) is 16.1 Å². The van der Waals surface area contributed by atoms with Crippen LogP contribution in [0.2, 0.25) is 0 Å². The summed E-state index contributed by atoms with van der Waals surface area (Å²) in [5, 5.41) is 0. The number of nitrogens with two attached hydrogens (primary N) is 1. The van der Waals surface area contributed by atoms with Gasteiger partial charge in [-0.05, 0) is 26.3 Å². The van der Waals surface area contributed by atoms with Crippen molar-refractivity contribution in [2.75, 3.05) is 31.3 Å². The molecule has 0 radical (unpaired) electrons. The summed E-state index contributed by atoms with van der Waals surface area (Å²) < 4.78 is 10.2. The zero-order valence-corrected chi connectivity index (χ0v) is 15.4. The second kappa shape index (κ2) is 7.81. The van der Waals surface area contributed by atoms with Gasteiger partial charge in [-0.15, -0.1) is 0 Å². The molecule has 2 aromatic rings. The van der Waals surface area contributed by atoms with Gasteiger partial charge in [0, 0.05) is 19.8 Å². The van der Waals surface area contributed by atoms with Crippen LogP contribution in [0.4, 0.5) is 11.9 Å². The highest BCUT2D eigenvalue weighted by atomic mass is 16.5. The van der Waals surface area contributed by atoms with Crippen LogP contribution in [-0.4, -0.2) is 52.6 Å². The molecule has 0 spiro atoms. The van der Waals surface area contributed by atoms with Gasteiger partial charge in [0.15, 0.2) is 12.4 Å². The van der Waals surface area contributed by atoms with Gasteiger partial charge in [0.1, 0.15) is 5.69 Å². The number of hydrogen-bond acceptors (Lipinski definition) is 9. The molecule has 10 nitrogen and oxygen atoms in total. The molecular weight excluding hydrogens is 340 g/mol. The van der Waals surface area contributed by atoms with Crippen molar-refractivity contribution >= 4 is 23.8 Å². The molecule has 0 aliphatic carbocycles. The molecule has 0 amide bonds. The number of aromatic amines is 1. The Balaban J connectivity index is 2.16. The van der Waals surface area contributed by atoms with Crippen LogP contribution in [0.1, 0.15) is 44.9 Å². The molecule has 3 N–H and O–H groups in total. The maximum absolute atomic E-state index is 12.4. The molecule has 0 aliphatic rings. The molecule has 2 heterocycles. The van der Waals surface area contributed by atoms with E-state index >= 15 is 0 Å². The van der Waals surface area contributed by atoms with Gasteiger partial charge in [-0.1, -0.05) is 0 Å². The molecule has 2 rings (SSSR count). The van der Waals surface area contributed by atoms with Gasteiger partial charge in [-0.2, -0.15) is 15.0 Å². The largest absolute Gasteiger partial charge is 0.462 e. The smallest absolute Gasteiger partial charge is 0.355 e. The zero-order chi connectivity index (χ0) is 19.4. The summed E-state index contributed by atoms with van der Waals surface area (Å²) in [5.74, 6) is -0.502. The van der Waals surface area contributed by atoms with Crippen molar-refractivity contribution in [3.8, 4) is 0 Å². The Labute approximate surface area is 150 Å². The van der Waals surface area contributed by atoms with Gasteiger partial charge < -0.3 is 25.1 Å². The third-order valence-corrected chi connectivity index (χ3v) is 3.54. The number of H-pyrrole nitrogens is 1. The van der Waals surface area contributed by atoms with E-state index in [0.717, 1.165) is 0 Å². The van der Waals surface area contributed by atoms with E-state index in [2.05, 4.69) is 19.9 Å². The fraction of sp³-hybridized carbons (Fsp3) is 0.438. The summed E-state index contributed by atoms with van der Waals surface area (Å²) in [5.41, 5.74) is 7.15. The minimum absolute atomic E-state index is 0.0336. The Bertz CT molecular complexity index is 830. The van der Waals surface area contributed by atoms with E-state index < -0.39 is 11.9 Å². The first-order valence-corrected chi connectivity index (χ1v) is 7.95. The molecule has 0 bridgehead atoms. The summed E-state index contributed by atoms with van der Waals surface area (Å²) >= 11 is 0. The lowest BCUT2D eigenvalue weighted by Gasteiger charge is -2.11. The summed E-state index contributed by atoms with van der Waals surface area (Å²) in [6, 6.07) is 0. The molecule has 0 fully saturated rings. The normalized spacial score (nSPS) is 10.5. The minimum atomic E-state index is -0.633. The number of nitrogens with zero attached hydrogens (tertiary/aromatic N) is 4. The lowest BCUT2D eigenvalue weighted by Crippen LogP contribution is -2.17. The van der Waals surface area contributed by atoms with Crippen LogP contribution >= 0.6 is 0 Å². The topological polar surface area (TPSA) is 136 Å². The summed E-state index contributed by atoms with van der Waals surface area (Å²) in [7, 11) is 3.51. The SMILES string of the molecule is CCOC(=O)c1c(C)[nH]c(C(=O)OCc2nc(N)nc(N(C)C)n2)c1C. The molecule has 140 valence electrons. The Kier molecular flexibility index (Phi) is 5.75. The van der Waals surface area contributed by atoms with Crippen LogP contribution < -0.4 is 10.6 Å². The number of carbonyl (C=O) groups is 2. The van der Waals surface area contributed by atoms with E-state index in [0.29, 0.717) is 22.8 Å². The number of nitrogens with one attached hydrogen (secondary N) is 1. The number of carbonyl (C=O) groups excluding carboxylic acids is 2. The van der Waals surface area contributed by atoms with Gasteiger partial charge in [0.25, 0.3) is 0 Å². The Morgan fingerprint density at radius 1 is 1.12 bits per heavy atom. The average molecular weight is 362 g/mol. The molecule has 10 heteroatoms. The molecule has 0 aliphatic heterocycles. The van der Waals surface area contributed by atoms with Crippen molar-refractivity contribution in [2.24, 2.45) is 0 Å². The fourth-order valence-electron chi connectivity index (χ4n) is 2.36. The number of aryl methyl sites for hydroxylation is 1. The predicted octanol–water partition coefficient (Wildman–Crippen LogP) is 0.998. The maximum Gasteiger partial charge on any atom is 0.355 e. The molecule has 26 heavy (non-hydrogen) atoms. The van der Waals surface area contributed by atoms with Crippen LogP contribution in [0.25, 0.3) is 0 Å². The first-order chi connectivity index (χ1) is 12.2.